The van der Waals surface area contributed by atoms with Crippen LogP contribution in [0.25, 0.3) is 6.08 Å². The summed E-state index contributed by atoms with van der Waals surface area (Å²) in [6.07, 6.45) is 2.86. The van der Waals surface area contributed by atoms with Gasteiger partial charge in [-0.3, -0.25) is 4.79 Å². The molecule has 2 aromatic carbocycles. The molecule has 2 N–H and O–H groups in total. The number of halogens is 1. The number of amides is 1. The molecule has 0 radical (unpaired) electrons. The molecule has 1 heterocycles. The number of anilines is 1. The lowest BCUT2D eigenvalue weighted by Gasteiger charge is -2.15. The van der Waals surface area contributed by atoms with Crippen molar-refractivity contribution in [2.75, 3.05) is 11.9 Å². The molecule has 2 aromatic rings. The van der Waals surface area contributed by atoms with Crippen LogP contribution in [-0.2, 0) is 4.79 Å². The van der Waals surface area contributed by atoms with Crippen LogP contribution in [0, 0.1) is 6.92 Å². The van der Waals surface area contributed by atoms with Crippen LogP contribution in [0.3, 0.4) is 0 Å². The van der Waals surface area contributed by atoms with E-state index in [1.165, 1.54) is 11.8 Å². The third-order valence-electron chi connectivity index (χ3n) is 3.87. The summed E-state index contributed by atoms with van der Waals surface area (Å²) in [6.45, 7) is 4.78. The van der Waals surface area contributed by atoms with E-state index in [0.29, 0.717) is 16.5 Å². The van der Waals surface area contributed by atoms with Crippen LogP contribution in [0.1, 0.15) is 24.5 Å². The van der Waals surface area contributed by atoms with Crippen LogP contribution < -0.4 is 15.4 Å². The van der Waals surface area contributed by atoms with Gasteiger partial charge in [0.15, 0.2) is 5.50 Å². The van der Waals surface area contributed by atoms with E-state index in [2.05, 4.69) is 17.6 Å². The number of thioether (sulfide) groups is 1. The van der Waals surface area contributed by atoms with Crippen LogP contribution in [0.2, 0.25) is 5.02 Å². The molecule has 0 aliphatic carbocycles. The van der Waals surface area contributed by atoms with E-state index in [0.717, 1.165) is 29.0 Å². The fourth-order valence-electron chi connectivity index (χ4n) is 2.49. The van der Waals surface area contributed by atoms with Crippen molar-refractivity contribution in [3.05, 3.63) is 63.5 Å². The van der Waals surface area contributed by atoms with Crippen molar-refractivity contribution in [1.82, 2.24) is 5.32 Å². The zero-order chi connectivity index (χ0) is 18.5. The third kappa shape index (κ3) is 4.74. The van der Waals surface area contributed by atoms with Gasteiger partial charge in [-0.2, -0.15) is 0 Å². The summed E-state index contributed by atoms with van der Waals surface area (Å²) >= 11 is 7.51. The summed E-state index contributed by atoms with van der Waals surface area (Å²) in [5, 5.41) is 6.91. The lowest BCUT2D eigenvalue weighted by molar-refractivity contribution is -0.116. The molecule has 0 aromatic heterocycles. The summed E-state index contributed by atoms with van der Waals surface area (Å²) in [6, 6.07) is 13.4. The molecular weight excluding hydrogens is 368 g/mol. The molecule has 1 atom stereocenters. The van der Waals surface area contributed by atoms with Crippen LogP contribution in [0.4, 0.5) is 5.69 Å². The van der Waals surface area contributed by atoms with Gasteiger partial charge >= 0.3 is 0 Å². The van der Waals surface area contributed by atoms with Crippen LogP contribution in [-0.4, -0.2) is 18.0 Å². The van der Waals surface area contributed by atoms with Crippen molar-refractivity contribution in [2.45, 2.75) is 25.8 Å². The molecule has 0 bridgehead atoms. The normalized spacial score (nSPS) is 18.0. The molecule has 0 spiro atoms. The maximum Gasteiger partial charge on any atom is 0.260 e. The van der Waals surface area contributed by atoms with E-state index in [1.807, 2.05) is 55.5 Å². The summed E-state index contributed by atoms with van der Waals surface area (Å²) in [7, 11) is 0. The van der Waals surface area contributed by atoms with Crippen molar-refractivity contribution in [2.24, 2.45) is 0 Å². The van der Waals surface area contributed by atoms with Crippen LogP contribution in [0.15, 0.2) is 47.4 Å². The molecule has 1 amide bonds. The van der Waals surface area contributed by atoms with E-state index < -0.39 is 0 Å². The minimum absolute atomic E-state index is 0.0847. The van der Waals surface area contributed by atoms with Crippen molar-refractivity contribution in [3.8, 4) is 5.75 Å². The van der Waals surface area contributed by atoms with E-state index in [9.17, 15) is 4.79 Å². The molecule has 6 heteroatoms. The molecule has 1 aliphatic heterocycles. The second-order valence-corrected chi connectivity index (χ2v) is 7.58. The van der Waals surface area contributed by atoms with Gasteiger partial charge in [-0.05, 0) is 54.8 Å². The fraction of sp³-hybridized carbons (Fsp3) is 0.250. The smallest absolute Gasteiger partial charge is 0.260 e. The third-order valence-corrected chi connectivity index (χ3v) is 5.13. The summed E-state index contributed by atoms with van der Waals surface area (Å²) in [4.78, 5) is 12.9. The quantitative estimate of drug-likeness (QED) is 0.681. The first-order chi connectivity index (χ1) is 12.5. The van der Waals surface area contributed by atoms with Gasteiger partial charge in [-0.25, -0.2) is 0 Å². The maximum absolute atomic E-state index is 12.2. The highest BCUT2D eigenvalue weighted by atomic mass is 35.5. The number of benzene rings is 2. The molecule has 1 saturated heterocycles. The second-order valence-electron chi connectivity index (χ2n) is 6.00. The molecule has 3 rings (SSSR count). The highest BCUT2D eigenvalue weighted by molar-refractivity contribution is 8.05. The lowest BCUT2D eigenvalue weighted by atomic mass is 10.2. The Morgan fingerprint density at radius 2 is 2.04 bits per heavy atom. The van der Waals surface area contributed by atoms with Gasteiger partial charge in [0.05, 0.1) is 11.5 Å². The SMILES string of the molecule is CCCOc1ccc(/C=C2\SC(Nc3cc(Cl)ccc3C)NC2=O)cc1. The van der Waals surface area contributed by atoms with Crippen molar-refractivity contribution in [1.29, 1.82) is 0 Å². The first kappa shape index (κ1) is 18.7. The van der Waals surface area contributed by atoms with E-state index >= 15 is 0 Å². The number of carbonyl (C=O) groups excluding carboxylic acids is 1. The topological polar surface area (TPSA) is 50.4 Å². The predicted octanol–water partition coefficient (Wildman–Crippen LogP) is 5.04. The fourth-order valence-corrected chi connectivity index (χ4v) is 3.64. The molecule has 1 aliphatic rings. The number of aryl methyl sites for hydroxylation is 1. The summed E-state index contributed by atoms with van der Waals surface area (Å²) < 4.78 is 5.58. The van der Waals surface area contributed by atoms with Gasteiger partial charge in [0, 0.05) is 10.7 Å². The molecule has 1 unspecified atom stereocenters. The highest BCUT2D eigenvalue weighted by Gasteiger charge is 2.27. The minimum Gasteiger partial charge on any atom is -0.494 e. The van der Waals surface area contributed by atoms with Crippen molar-refractivity contribution >= 4 is 41.0 Å². The number of ether oxygens (including phenoxy) is 1. The molecule has 26 heavy (non-hydrogen) atoms. The number of carbonyl (C=O) groups is 1. The molecular formula is C20H21ClN2O2S. The Bertz CT molecular complexity index is 821. The van der Waals surface area contributed by atoms with E-state index in [-0.39, 0.29) is 11.4 Å². The van der Waals surface area contributed by atoms with Gasteiger partial charge in [-0.15, -0.1) is 0 Å². The Balaban J connectivity index is 1.67. The zero-order valence-corrected chi connectivity index (χ0v) is 16.3. The molecule has 4 nitrogen and oxygen atoms in total. The minimum atomic E-state index is -0.224. The first-order valence-electron chi connectivity index (χ1n) is 8.50. The van der Waals surface area contributed by atoms with Crippen molar-refractivity contribution < 1.29 is 9.53 Å². The van der Waals surface area contributed by atoms with Gasteiger partial charge in [0.1, 0.15) is 5.75 Å². The predicted molar refractivity (Wildman–Crippen MR) is 110 cm³/mol. The lowest BCUT2D eigenvalue weighted by Crippen LogP contribution is -2.31. The summed E-state index contributed by atoms with van der Waals surface area (Å²) in [5.74, 6) is 0.756. The van der Waals surface area contributed by atoms with Gasteiger partial charge in [0.25, 0.3) is 5.91 Å². The average molecular weight is 389 g/mol. The second kappa shape index (κ2) is 8.52. The Hall–Kier alpha value is -2.11. The average Bonchev–Trinajstić information content (AvgIpc) is 2.96. The first-order valence-corrected chi connectivity index (χ1v) is 9.75. The zero-order valence-electron chi connectivity index (χ0n) is 14.7. The van der Waals surface area contributed by atoms with Gasteiger partial charge < -0.3 is 15.4 Å². The number of nitrogens with one attached hydrogen (secondary N) is 2. The largest absolute Gasteiger partial charge is 0.494 e. The Kier molecular flexibility index (Phi) is 6.12. The number of hydrogen-bond acceptors (Lipinski definition) is 4. The molecule has 1 fully saturated rings. The number of rotatable bonds is 6. The van der Waals surface area contributed by atoms with Crippen molar-refractivity contribution in [3.63, 3.8) is 0 Å². The van der Waals surface area contributed by atoms with Crippen LogP contribution >= 0.6 is 23.4 Å². The van der Waals surface area contributed by atoms with Crippen LogP contribution in [0.5, 0.6) is 5.75 Å². The number of hydrogen-bond donors (Lipinski definition) is 2. The monoisotopic (exact) mass is 388 g/mol. The molecule has 136 valence electrons. The Morgan fingerprint density at radius 3 is 2.77 bits per heavy atom. The van der Waals surface area contributed by atoms with Gasteiger partial charge in [-0.1, -0.05) is 48.5 Å². The highest BCUT2D eigenvalue weighted by Crippen LogP contribution is 2.31. The van der Waals surface area contributed by atoms with Gasteiger partial charge in [0.2, 0.25) is 0 Å². The van der Waals surface area contributed by atoms with E-state index in [1.54, 1.807) is 0 Å². The summed E-state index contributed by atoms with van der Waals surface area (Å²) in [5.41, 5.74) is 2.72. The maximum atomic E-state index is 12.2. The molecule has 0 saturated carbocycles. The standard InChI is InChI=1S/C20H21ClN2O2S/c1-3-10-25-16-8-5-14(6-9-16)11-18-19(24)23-20(26-18)22-17-12-15(21)7-4-13(17)2/h4-9,11-12,20,22H,3,10H2,1-2H3,(H,23,24)/b18-11-. The Labute approximate surface area is 163 Å². The van der Waals surface area contributed by atoms with E-state index in [4.69, 9.17) is 16.3 Å². The Morgan fingerprint density at radius 1 is 1.27 bits per heavy atom.